The van der Waals surface area contributed by atoms with Gasteiger partial charge in [-0.25, -0.2) is 0 Å². The number of carbonyl (C=O) groups is 1. The van der Waals surface area contributed by atoms with Crippen LogP contribution in [0.25, 0.3) is 0 Å². The van der Waals surface area contributed by atoms with E-state index < -0.39 is 29.8 Å². The standard InChI is InChI=1S/C11H18N2O5S/c1-2-3-6(15)12-11-13-7-9(17)8(16)5(4-14)18-10(7)19-11/h5,7-10,14,16-17H,2-4H2,1H3,(H,12,13,15)/t5-,7-,8-,9-,10-/m1/s1. The van der Waals surface area contributed by atoms with E-state index in [9.17, 15) is 15.0 Å². The monoisotopic (exact) mass is 290 g/mol. The van der Waals surface area contributed by atoms with E-state index in [4.69, 9.17) is 9.84 Å². The van der Waals surface area contributed by atoms with Crippen LogP contribution in [0.5, 0.6) is 0 Å². The highest BCUT2D eigenvalue weighted by Gasteiger charge is 2.48. The molecule has 2 aliphatic rings. The first-order chi connectivity index (χ1) is 9.06. The number of rotatable bonds is 3. The lowest BCUT2D eigenvalue weighted by Gasteiger charge is -2.37. The minimum absolute atomic E-state index is 0.138. The first-order valence-electron chi connectivity index (χ1n) is 6.23. The Kier molecular flexibility index (Phi) is 4.80. The molecule has 0 aromatic carbocycles. The van der Waals surface area contributed by atoms with Gasteiger partial charge in [-0.15, -0.1) is 0 Å². The zero-order valence-electron chi connectivity index (χ0n) is 10.5. The van der Waals surface area contributed by atoms with E-state index in [1.807, 2.05) is 6.92 Å². The van der Waals surface area contributed by atoms with E-state index in [1.54, 1.807) is 0 Å². The summed E-state index contributed by atoms with van der Waals surface area (Å²) >= 11 is 1.19. The van der Waals surface area contributed by atoms with Crippen molar-refractivity contribution in [3.8, 4) is 0 Å². The Morgan fingerprint density at radius 3 is 2.84 bits per heavy atom. The quantitative estimate of drug-likeness (QED) is 0.520. The molecule has 0 aromatic heterocycles. The van der Waals surface area contributed by atoms with Crippen molar-refractivity contribution in [3.63, 3.8) is 0 Å². The van der Waals surface area contributed by atoms with E-state index >= 15 is 0 Å². The third-order valence-electron chi connectivity index (χ3n) is 3.07. The SMILES string of the molecule is CCCC(=O)NC1=N[C@@H]2[C@@H](O)[C@H](O)[C@@H](CO)O[C@@H]2S1. The fourth-order valence-corrected chi connectivity index (χ4v) is 3.18. The molecule has 108 valence electrons. The molecule has 0 saturated carbocycles. The number of aliphatic imine (C=N–C) groups is 1. The molecule has 1 saturated heterocycles. The summed E-state index contributed by atoms with van der Waals surface area (Å²) in [5.41, 5.74) is -0.493. The van der Waals surface area contributed by atoms with E-state index in [-0.39, 0.29) is 12.5 Å². The van der Waals surface area contributed by atoms with Gasteiger partial charge in [-0.1, -0.05) is 18.7 Å². The van der Waals surface area contributed by atoms with Crippen LogP contribution in [0.1, 0.15) is 19.8 Å². The summed E-state index contributed by atoms with van der Waals surface area (Å²) in [6.45, 7) is 1.53. The van der Waals surface area contributed by atoms with Crippen LogP contribution in [0.3, 0.4) is 0 Å². The molecule has 2 aliphatic heterocycles. The topological polar surface area (TPSA) is 111 Å². The van der Waals surface area contributed by atoms with Gasteiger partial charge < -0.3 is 25.4 Å². The Balaban J connectivity index is 2.00. The minimum atomic E-state index is -1.18. The van der Waals surface area contributed by atoms with Crippen molar-refractivity contribution >= 4 is 22.8 Å². The van der Waals surface area contributed by atoms with Crippen LogP contribution in [0.4, 0.5) is 0 Å². The molecule has 19 heavy (non-hydrogen) atoms. The maximum absolute atomic E-state index is 11.5. The molecular weight excluding hydrogens is 272 g/mol. The number of thioether (sulfide) groups is 1. The molecule has 0 radical (unpaired) electrons. The minimum Gasteiger partial charge on any atom is -0.394 e. The number of nitrogens with one attached hydrogen (secondary N) is 1. The Bertz CT molecular complexity index is 378. The Labute approximate surface area is 115 Å². The molecule has 2 heterocycles. The second-order valence-electron chi connectivity index (χ2n) is 4.55. The molecule has 1 amide bonds. The fraction of sp³-hybridized carbons (Fsp3) is 0.818. The van der Waals surface area contributed by atoms with Gasteiger partial charge in [0.25, 0.3) is 0 Å². The summed E-state index contributed by atoms with van der Waals surface area (Å²) in [5.74, 6) is -0.138. The lowest BCUT2D eigenvalue weighted by Crippen LogP contribution is -2.55. The summed E-state index contributed by atoms with van der Waals surface area (Å²) in [7, 11) is 0. The maximum atomic E-state index is 11.5. The van der Waals surface area contributed by atoms with Crippen molar-refractivity contribution in [2.45, 2.75) is 49.6 Å². The van der Waals surface area contributed by atoms with E-state index in [1.165, 1.54) is 11.8 Å². The number of aliphatic hydroxyl groups excluding tert-OH is 3. The zero-order valence-corrected chi connectivity index (χ0v) is 11.3. The molecular formula is C11H18N2O5S. The maximum Gasteiger partial charge on any atom is 0.225 e. The van der Waals surface area contributed by atoms with Gasteiger partial charge in [0.2, 0.25) is 5.91 Å². The molecule has 0 spiro atoms. The van der Waals surface area contributed by atoms with Crippen LogP contribution in [-0.2, 0) is 9.53 Å². The Morgan fingerprint density at radius 2 is 2.21 bits per heavy atom. The molecule has 5 atom stereocenters. The summed E-state index contributed by atoms with van der Waals surface area (Å²) in [5, 5.41) is 31.8. The van der Waals surface area contributed by atoms with E-state index in [0.717, 1.165) is 6.42 Å². The van der Waals surface area contributed by atoms with Crippen molar-refractivity contribution in [2.24, 2.45) is 4.99 Å². The van der Waals surface area contributed by atoms with Crippen LogP contribution in [0, 0.1) is 0 Å². The molecule has 0 unspecified atom stereocenters. The van der Waals surface area contributed by atoms with Crippen LogP contribution in [-0.4, -0.2) is 62.8 Å². The largest absolute Gasteiger partial charge is 0.394 e. The number of nitrogens with zero attached hydrogens (tertiary/aromatic N) is 1. The van der Waals surface area contributed by atoms with Gasteiger partial charge in [-0.2, -0.15) is 0 Å². The van der Waals surface area contributed by atoms with Gasteiger partial charge >= 0.3 is 0 Å². The zero-order chi connectivity index (χ0) is 14.0. The molecule has 8 heteroatoms. The number of hydrogen-bond donors (Lipinski definition) is 4. The van der Waals surface area contributed by atoms with Crippen molar-refractivity contribution in [1.82, 2.24) is 5.32 Å². The van der Waals surface area contributed by atoms with Crippen LogP contribution >= 0.6 is 11.8 Å². The van der Waals surface area contributed by atoms with Crippen molar-refractivity contribution in [1.29, 1.82) is 0 Å². The Morgan fingerprint density at radius 1 is 1.47 bits per heavy atom. The first-order valence-corrected chi connectivity index (χ1v) is 7.11. The van der Waals surface area contributed by atoms with Crippen LogP contribution < -0.4 is 5.32 Å². The normalized spacial score (nSPS) is 37.7. The molecule has 0 aromatic rings. The summed E-state index contributed by atoms with van der Waals surface area (Å²) in [6, 6.07) is -0.625. The van der Waals surface area contributed by atoms with E-state index in [0.29, 0.717) is 11.6 Å². The number of hydrogen-bond acceptors (Lipinski definition) is 7. The number of aliphatic hydroxyl groups is 3. The number of amides is 1. The number of ether oxygens (including phenoxy) is 1. The summed E-state index contributed by atoms with van der Waals surface area (Å²) in [4.78, 5) is 15.6. The van der Waals surface area contributed by atoms with Gasteiger partial charge in [0.1, 0.15) is 29.8 Å². The molecule has 4 N–H and O–H groups in total. The van der Waals surface area contributed by atoms with Gasteiger partial charge in [0, 0.05) is 6.42 Å². The predicted octanol–water partition coefficient (Wildman–Crippen LogP) is -1.19. The second-order valence-corrected chi connectivity index (χ2v) is 5.63. The molecule has 7 nitrogen and oxygen atoms in total. The highest BCUT2D eigenvalue weighted by atomic mass is 32.2. The van der Waals surface area contributed by atoms with E-state index in [2.05, 4.69) is 10.3 Å². The summed E-state index contributed by atoms with van der Waals surface area (Å²) < 4.78 is 5.45. The lowest BCUT2D eigenvalue weighted by atomic mass is 9.99. The second kappa shape index (κ2) is 6.19. The summed E-state index contributed by atoms with van der Waals surface area (Å²) in [6.07, 6.45) is -1.98. The van der Waals surface area contributed by atoms with Crippen molar-refractivity contribution < 1.29 is 24.9 Å². The highest BCUT2D eigenvalue weighted by molar-refractivity contribution is 8.14. The third kappa shape index (κ3) is 3.09. The molecule has 1 fully saturated rings. The molecule has 0 bridgehead atoms. The van der Waals surface area contributed by atoms with Crippen LogP contribution in [0.15, 0.2) is 4.99 Å². The lowest BCUT2D eigenvalue weighted by molar-refractivity contribution is -0.164. The molecule has 2 rings (SSSR count). The average Bonchev–Trinajstić information content (AvgIpc) is 2.76. The van der Waals surface area contributed by atoms with Gasteiger partial charge in [-0.3, -0.25) is 9.79 Å². The van der Waals surface area contributed by atoms with Crippen molar-refractivity contribution in [3.05, 3.63) is 0 Å². The van der Waals surface area contributed by atoms with Gasteiger partial charge in [0.05, 0.1) is 6.61 Å². The van der Waals surface area contributed by atoms with Crippen molar-refractivity contribution in [2.75, 3.05) is 6.61 Å². The predicted molar refractivity (Wildman–Crippen MR) is 69.6 cm³/mol. The smallest absolute Gasteiger partial charge is 0.225 e. The number of carbonyl (C=O) groups excluding carboxylic acids is 1. The fourth-order valence-electron chi connectivity index (χ4n) is 2.05. The third-order valence-corrected chi connectivity index (χ3v) is 4.12. The number of amidine groups is 1. The molecule has 0 aliphatic carbocycles. The van der Waals surface area contributed by atoms with Gasteiger partial charge in [-0.05, 0) is 6.42 Å². The highest BCUT2D eigenvalue weighted by Crippen LogP contribution is 2.35. The number of fused-ring (bicyclic) bond motifs is 1. The average molecular weight is 290 g/mol. The van der Waals surface area contributed by atoms with Gasteiger partial charge in [0.15, 0.2) is 5.17 Å². The Hall–Kier alpha value is -0.670. The van der Waals surface area contributed by atoms with Crippen LogP contribution in [0.2, 0.25) is 0 Å². The first kappa shape index (κ1) is 14.7.